The van der Waals surface area contributed by atoms with Gasteiger partial charge in [-0.05, 0) is 13.0 Å². The van der Waals surface area contributed by atoms with Crippen LogP contribution in [-0.2, 0) is 14.3 Å². The summed E-state index contributed by atoms with van der Waals surface area (Å²) in [6.45, 7) is 2.10. The number of nitrogens with zero attached hydrogens (tertiary/aromatic N) is 2. The molecule has 0 spiro atoms. The van der Waals surface area contributed by atoms with Crippen LogP contribution in [0.4, 0.5) is 0 Å². The molecule has 0 fully saturated rings. The quantitative estimate of drug-likeness (QED) is 0.716. The maximum Gasteiger partial charge on any atom is 0.335 e. The molecule has 0 unspecified atom stereocenters. The van der Waals surface area contributed by atoms with E-state index >= 15 is 0 Å². The fourth-order valence-electron chi connectivity index (χ4n) is 1.54. The van der Waals surface area contributed by atoms with E-state index in [0.717, 1.165) is 5.56 Å². The number of esters is 1. The Morgan fingerprint density at radius 2 is 2.50 bits per heavy atom. The Balaban J connectivity index is 2.14. The second kappa shape index (κ2) is 4.74. The van der Waals surface area contributed by atoms with Crippen molar-refractivity contribution in [1.29, 1.82) is 0 Å². The van der Waals surface area contributed by atoms with Crippen LogP contribution in [0.25, 0.3) is 0 Å². The lowest BCUT2D eigenvalue weighted by atomic mass is 10.1. The van der Waals surface area contributed by atoms with Crippen LogP contribution in [0, 0.1) is 0 Å². The van der Waals surface area contributed by atoms with Crippen molar-refractivity contribution in [1.82, 2.24) is 4.98 Å². The monoisotopic (exact) mass is 220 g/mol. The summed E-state index contributed by atoms with van der Waals surface area (Å²) < 4.78 is 10.2. The third kappa shape index (κ3) is 2.03. The predicted molar refractivity (Wildman–Crippen MR) is 57.0 cm³/mol. The number of pyridine rings is 1. The molecule has 2 atom stereocenters. The number of aliphatic imine (C=N–C) groups is 1. The lowest BCUT2D eigenvalue weighted by Crippen LogP contribution is -2.26. The molecule has 0 N–H and O–H groups in total. The van der Waals surface area contributed by atoms with Crippen LogP contribution in [0.5, 0.6) is 0 Å². The lowest BCUT2D eigenvalue weighted by molar-refractivity contribution is -0.146. The minimum atomic E-state index is -0.621. The Hall–Kier alpha value is -1.91. The summed E-state index contributed by atoms with van der Waals surface area (Å²) >= 11 is 0. The average Bonchev–Trinajstić information content (AvgIpc) is 2.79. The van der Waals surface area contributed by atoms with Crippen molar-refractivity contribution in [3.05, 3.63) is 30.1 Å². The highest BCUT2D eigenvalue weighted by molar-refractivity contribution is 5.80. The van der Waals surface area contributed by atoms with Crippen molar-refractivity contribution in [2.24, 2.45) is 4.99 Å². The summed E-state index contributed by atoms with van der Waals surface area (Å²) in [4.78, 5) is 19.5. The zero-order valence-electron chi connectivity index (χ0n) is 8.87. The van der Waals surface area contributed by atoms with Crippen LogP contribution >= 0.6 is 0 Å². The van der Waals surface area contributed by atoms with E-state index in [1.807, 2.05) is 6.07 Å². The number of hydrogen-bond acceptors (Lipinski definition) is 5. The number of carbonyl (C=O) groups excluding carboxylic acids is 1. The van der Waals surface area contributed by atoms with Crippen LogP contribution < -0.4 is 0 Å². The first-order valence-corrected chi connectivity index (χ1v) is 5.06. The van der Waals surface area contributed by atoms with Gasteiger partial charge in [0.2, 0.25) is 0 Å². The van der Waals surface area contributed by atoms with Crippen LogP contribution in [0.1, 0.15) is 18.6 Å². The Kier molecular flexibility index (Phi) is 3.14. The van der Waals surface area contributed by atoms with Crippen molar-refractivity contribution in [3.8, 4) is 0 Å². The fourth-order valence-corrected chi connectivity index (χ4v) is 1.54. The molecule has 5 heteroatoms. The van der Waals surface area contributed by atoms with Gasteiger partial charge < -0.3 is 9.47 Å². The molecule has 0 saturated carbocycles. The molecule has 1 aromatic heterocycles. The van der Waals surface area contributed by atoms with E-state index in [2.05, 4.69) is 9.98 Å². The third-order valence-corrected chi connectivity index (χ3v) is 2.26. The molecule has 0 saturated heterocycles. The molecule has 1 aliphatic rings. The third-order valence-electron chi connectivity index (χ3n) is 2.26. The SMILES string of the molecule is CCOC(=O)[C@@H]1N=CO[C@H]1c1cccnc1. The Labute approximate surface area is 93.1 Å². The second-order valence-electron chi connectivity index (χ2n) is 3.29. The lowest BCUT2D eigenvalue weighted by Gasteiger charge is -2.15. The highest BCUT2D eigenvalue weighted by Crippen LogP contribution is 2.26. The molecule has 84 valence electrons. The molecule has 16 heavy (non-hydrogen) atoms. The van der Waals surface area contributed by atoms with Gasteiger partial charge >= 0.3 is 5.97 Å². The normalized spacial score (nSPS) is 22.8. The standard InChI is InChI=1S/C11H12N2O3/c1-2-15-11(14)9-10(16-7-13-9)8-4-3-5-12-6-8/h3-7,9-10H,2H2,1H3/t9-,10+/m1/s1. The van der Waals surface area contributed by atoms with E-state index in [1.165, 1.54) is 6.40 Å². The van der Waals surface area contributed by atoms with E-state index in [0.29, 0.717) is 6.61 Å². The molecule has 2 heterocycles. The van der Waals surface area contributed by atoms with E-state index < -0.39 is 12.1 Å². The molecule has 0 bridgehead atoms. The van der Waals surface area contributed by atoms with Crippen molar-refractivity contribution in [2.45, 2.75) is 19.1 Å². The smallest absolute Gasteiger partial charge is 0.335 e. The maximum atomic E-state index is 11.6. The van der Waals surface area contributed by atoms with Crippen molar-refractivity contribution in [3.63, 3.8) is 0 Å². The number of rotatable bonds is 3. The van der Waals surface area contributed by atoms with Gasteiger partial charge in [0.15, 0.2) is 18.5 Å². The molecule has 5 nitrogen and oxygen atoms in total. The minimum absolute atomic E-state index is 0.338. The van der Waals surface area contributed by atoms with Gasteiger partial charge in [-0.1, -0.05) is 6.07 Å². The van der Waals surface area contributed by atoms with Crippen LogP contribution in [0.2, 0.25) is 0 Å². The van der Waals surface area contributed by atoms with Gasteiger partial charge in [0.1, 0.15) is 0 Å². The van der Waals surface area contributed by atoms with E-state index in [-0.39, 0.29) is 5.97 Å². The van der Waals surface area contributed by atoms with Crippen LogP contribution in [0.3, 0.4) is 0 Å². The van der Waals surface area contributed by atoms with Gasteiger partial charge in [-0.15, -0.1) is 0 Å². The number of hydrogen-bond donors (Lipinski definition) is 0. The molecule has 1 aliphatic heterocycles. The second-order valence-corrected chi connectivity index (χ2v) is 3.29. The summed E-state index contributed by atoms with van der Waals surface area (Å²) in [6, 6.07) is 3.02. The van der Waals surface area contributed by atoms with E-state index in [1.54, 1.807) is 25.4 Å². The topological polar surface area (TPSA) is 60.8 Å². The summed E-state index contributed by atoms with van der Waals surface area (Å²) in [5, 5.41) is 0. The molecule has 0 aromatic carbocycles. The zero-order valence-corrected chi connectivity index (χ0v) is 8.87. The summed E-state index contributed by atoms with van der Waals surface area (Å²) in [6.07, 6.45) is 4.19. The predicted octanol–water partition coefficient (Wildman–Crippen LogP) is 1.11. The minimum Gasteiger partial charge on any atom is -0.473 e. The molecule has 0 aliphatic carbocycles. The Bertz CT molecular complexity index is 391. The largest absolute Gasteiger partial charge is 0.473 e. The van der Waals surface area contributed by atoms with Crippen molar-refractivity contribution >= 4 is 12.4 Å². The van der Waals surface area contributed by atoms with Crippen molar-refractivity contribution in [2.75, 3.05) is 6.61 Å². The molecule has 0 radical (unpaired) electrons. The molecule has 1 aromatic rings. The molecule has 2 rings (SSSR count). The number of aromatic nitrogens is 1. The Morgan fingerprint density at radius 3 is 3.19 bits per heavy atom. The molecule has 0 amide bonds. The highest BCUT2D eigenvalue weighted by Gasteiger charge is 2.35. The first-order valence-electron chi connectivity index (χ1n) is 5.06. The first kappa shape index (κ1) is 10.6. The zero-order chi connectivity index (χ0) is 11.4. The summed E-state index contributed by atoms with van der Waals surface area (Å²) in [5.41, 5.74) is 0.818. The van der Waals surface area contributed by atoms with E-state index in [4.69, 9.17) is 9.47 Å². The number of ether oxygens (including phenoxy) is 2. The average molecular weight is 220 g/mol. The molecular weight excluding hydrogens is 208 g/mol. The van der Waals surface area contributed by atoms with Gasteiger partial charge in [0, 0.05) is 18.0 Å². The fraction of sp³-hybridized carbons (Fsp3) is 0.364. The van der Waals surface area contributed by atoms with Crippen LogP contribution in [-0.4, -0.2) is 30.0 Å². The van der Waals surface area contributed by atoms with Gasteiger partial charge in [-0.25, -0.2) is 9.79 Å². The Morgan fingerprint density at radius 1 is 1.62 bits per heavy atom. The summed E-state index contributed by atoms with van der Waals surface area (Å²) in [7, 11) is 0. The van der Waals surface area contributed by atoms with Gasteiger partial charge in [-0.3, -0.25) is 4.98 Å². The maximum absolute atomic E-state index is 11.6. The van der Waals surface area contributed by atoms with Crippen molar-refractivity contribution < 1.29 is 14.3 Å². The first-order chi connectivity index (χ1) is 7.83. The number of carbonyl (C=O) groups is 1. The van der Waals surface area contributed by atoms with Gasteiger partial charge in [0.05, 0.1) is 6.61 Å². The van der Waals surface area contributed by atoms with Crippen LogP contribution in [0.15, 0.2) is 29.5 Å². The van der Waals surface area contributed by atoms with E-state index in [9.17, 15) is 4.79 Å². The summed E-state index contributed by atoms with van der Waals surface area (Å²) in [5.74, 6) is -0.370. The molecular formula is C11H12N2O3. The highest BCUT2D eigenvalue weighted by atomic mass is 16.5. The van der Waals surface area contributed by atoms with Gasteiger partial charge in [-0.2, -0.15) is 0 Å². The van der Waals surface area contributed by atoms with Gasteiger partial charge in [0.25, 0.3) is 0 Å².